The number of amides is 1. The van der Waals surface area contributed by atoms with Gasteiger partial charge in [-0.25, -0.2) is 4.98 Å². The molecule has 3 rings (SSSR count). The number of nitrogens with one attached hydrogen (secondary N) is 1. The molecule has 0 aromatic carbocycles. The topological polar surface area (TPSA) is 67.6 Å². The van der Waals surface area contributed by atoms with Crippen LogP contribution in [0.3, 0.4) is 0 Å². The van der Waals surface area contributed by atoms with Crippen LogP contribution in [0.4, 0.5) is 5.82 Å². The van der Waals surface area contributed by atoms with Crippen molar-refractivity contribution in [1.82, 2.24) is 10.3 Å². The van der Waals surface area contributed by atoms with Gasteiger partial charge in [0, 0.05) is 19.3 Å². The van der Waals surface area contributed by atoms with Crippen LogP contribution >= 0.6 is 0 Å². The zero-order valence-electron chi connectivity index (χ0n) is 15.2. The van der Waals surface area contributed by atoms with Gasteiger partial charge in [0.15, 0.2) is 0 Å². The Balaban J connectivity index is 1.64. The smallest absolute Gasteiger partial charge is 0.253 e. The number of hydrogen-bond acceptors (Lipinski definition) is 5. The van der Waals surface area contributed by atoms with Gasteiger partial charge in [-0.3, -0.25) is 4.79 Å². The third-order valence-electron chi connectivity index (χ3n) is 4.29. The summed E-state index contributed by atoms with van der Waals surface area (Å²) in [4.78, 5) is 19.1. The second-order valence-electron chi connectivity index (χ2n) is 6.71. The highest BCUT2D eigenvalue weighted by molar-refractivity contribution is 5.94. The lowest BCUT2D eigenvalue weighted by Crippen LogP contribution is -2.45. The zero-order valence-corrected chi connectivity index (χ0v) is 15.2. The van der Waals surface area contributed by atoms with Crippen LogP contribution < -0.4 is 10.2 Å². The molecular weight excluding hydrogens is 318 g/mol. The number of carbonyl (C=O) groups excluding carboxylic acids is 1. The number of rotatable bonds is 4. The van der Waals surface area contributed by atoms with Crippen molar-refractivity contribution in [3.8, 4) is 0 Å². The number of aryl methyl sites for hydroxylation is 1. The first kappa shape index (κ1) is 17.5. The Hall–Kier alpha value is -2.34. The molecule has 1 aliphatic rings. The molecule has 0 spiro atoms. The van der Waals surface area contributed by atoms with Crippen LogP contribution in [0.2, 0.25) is 0 Å². The van der Waals surface area contributed by atoms with Crippen LogP contribution in [0, 0.1) is 6.92 Å². The number of aromatic nitrogens is 1. The highest BCUT2D eigenvalue weighted by Gasteiger charge is 2.23. The Labute approximate surface area is 148 Å². The van der Waals surface area contributed by atoms with E-state index >= 15 is 0 Å². The summed E-state index contributed by atoms with van der Waals surface area (Å²) in [6.45, 7) is 9.50. The minimum absolute atomic E-state index is 0.163. The fourth-order valence-electron chi connectivity index (χ4n) is 3.11. The first-order valence-corrected chi connectivity index (χ1v) is 8.66. The SMILES string of the molecule is Cc1ccc([C@@H](C)NC(=O)c2ccc(N3C[C@@H](C)O[C@@H](C)C3)nc2)o1. The fraction of sp³-hybridized carbons (Fsp3) is 0.474. The fourth-order valence-corrected chi connectivity index (χ4v) is 3.11. The van der Waals surface area contributed by atoms with Crippen molar-refractivity contribution in [3.05, 3.63) is 47.5 Å². The van der Waals surface area contributed by atoms with Crippen molar-refractivity contribution in [2.45, 2.75) is 45.9 Å². The minimum atomic E-state index is -0.193. The predicted octanol–water partition coefficient (Wildman–Crippen LogP) is 3.09. The third kappa shape index (κ3) is 4.20. The van der Waals surface area contributed by atoms with Crippen LogP contribution in [-0.2, 0) is 4.74 Å². The molecule has 3 atom stereocenters. The van der Waals surface area contributed by atoms with E-state index in [0.717, 1.165) is 30.4 Å². The summed E-state index contributed by atoms with van der Waals surface area (Å²) < 4.78 is 11.3. The van der Waals surface area contributed by atoms with Gasteiger partial charge in [-0.05, 0) is 52.0 Å². The van der Waals surface area contributed by atoms with Gasteiger partial charge in [0.2, 0.25) is 0 Å². The van der Waals surface area contributed by atoms with Gasteiger partial charge in [0.25, 0.3) is 5.91 Å². The van der Waals surface area contributed by atoms with Crippen molar-refractivity contribution < 1.29 is 13.9 Å². The van der Waals surface area contributed by atoms with E-state index in [1.165, 1.54) is 0 Å². The molecule has 1 amide bonds. The molecule has 0 radical (unpaired) electrons. The van der Waals surface area contributed by atoms with E-state index in [0.29, 0.717) is 5.56 Å². The molecule has 0 bridgehead atoms. The molecule has 6 nitrogen and oxygen atoms in total. The largest absolute Gasteiger partial charge is 0.464 e. The van der Waals surface area contributed by atoms with Crippen LogP contribution in [0.1, 0.15) is 48.7 Å². The molecule has 2 aromatic rings. The Kier molecular flexibility index (Phi) is 5.08. The van der Waals surface area contributed by atoms with Gasteiger partial charge in [0.05, 0.1) is 23.8 Å². The summed E-state index contributed by atoms with van der Waals surface area (Å²) in [6, 6.07) is 7.27. The zero-order chi connectivity index (χ0) is 18.0. The van der Waals surface area contributed by atoms with Crippen molar-refractivity contribution in [1.29, 1.82) is 0 Å². The van der Waals surface area contributed by atoms with E-state index in [-0.39, 0.29) is 24.2 Å². The third-order valence-corrected chi connectivity index (χ3v) is 4.29. The number of ether oxygens (including phenoxy) is 1. The molecule has 134 valence electrons. The molecule has 2 aromatic heterocycles. The Bertz CT molecular complexity index is 716. The molecule has 1 aliphatic heterocycles. The van der Waals surface area contributed by atoms with Gasteiger partial charge >= 0.3 is 0 Å². The monoisotopic (exact) mass is 343 g/mol. The first-order valence-electron chi connectivity index (χ1n) is 8.66. The number of pyridine rings is 1. The summed E-state index contributed by atoms with van der Waals surface area (Å²) in [5.41, 5.74) is 0.535. The summed E-state index contributed by atoms with van der Waals surface area (Å²) in [5.74, 6) is 2.28. The summed E-state index contributed by atoms with van der Waals surface area (Å²) in [6.07, 6.45) is 1.97. The summed E-state index contributed by atoms with van der Waals surface area (Å²) in [5, 5.41) is 2.93. The highest BCUT2D eigenvalue weighted by Crippen LogP contribution is 2.19. The van der Waals surface area contributed by atoms with Gasteiger partial charge in [-0.2, -0.15) is 0 Å². The first-order chi connectivity index (χ1) is 11.9. The molecule has 0 aliphatic carbocycles. The Morgan fingerprint density at radius 3 is 2.52 bits per heavy atom. The van der Waals surface area contributed by atoms with E-state index < -0.39 is 0 Å². The molecule has 3 heterocycles. The average molecular weight is 343 g/mol. The highest BCUT2D eigenvalue weighted by atomic mass is 16.5. The molecular formula is C19H25N3O3. The molecule has 1 N–H and O–H groups in total. The molecule has 0 unspecified atom stereocenters. The van der Waals surface area contributed by atoms with Crippen molar-refractivity contribution >= 4 is 11.7 Å². The molecule has 6 heteroatoms. The standard InChI is InChI=1S/C19H25N3O3/c1-12-5-7-17(25-12)15(4)21-19(23)16-6-8-18(20-9-16)22-10-13(2)24-14(3)11-22/h5-9,13-15H,10-11H2,1-4H3,(H,21,23)/t13-,14+,15-/m1/s1. The summed E-state index contributed by atoms with van der Waals surface area (Å²) in [7, 11) is 0. The lowest BCUT2D eigenvalue weighted by atomic mass is 10.2. The Morgan fingerprint density at radius 2 is 1.96 bits per heavy atom. The van der Waals surface area contributed by atoms with E-state index in [2.05, 4.69) is 29.0 Å². The second kappa shape index (κ2) is 7.27. The average Bonchev–Trinajstić information content (AvgIpc) is 3.00. The van der Waals surface area contributed by atoms with E-state index in [1.807, 2.05) is 38.1 Å². The van der Waals surface area contributed by atoms with Crippen LogP contribution in [0.25, 0.3) is 0 Å². The van der Waals surface area contributed by atoms with E-state index in [1.54, 1.807) is 6.20 Å². The van der Waals surface area contributed by atoms with E-state index in [9.17, 15) is 4.79 Å². The molecule has 1 saturated heterocycles. The number of anilines is 1. The minimum Gasteiger partial charge on any atom is -0.464 e. The maximum absolute atomic E-state index is 12.4. The van der Waals surface area contributed by atoms with Gasteiger partial charge < -0.3 is 19.4 Å². The second-order valence-corrected chi connectivity index (χ2v) is 6.71. The molecule has 0 saturated carbocycles. The summed E-state index contributed by atoms with van der Waals surface area (Å²) >= 11 is 0. The van der Waals surface area contributed by atoms with Crippen LogP contribution in [0.15, 0.2) is 34.9 Å². The lowest BCUT2D eigenvalue weighted by Gasteiger charge is -2.36. The van der Waals surface area contributed by atoms with Crippen molar-refractivity contribution in [2.24, 2.45) is 0 Å². The van der Waals surface area contributed by atoms with Crippen molar-refractivity contribution in [3.63, 3.8) is 0 Å². The number of morpholine rings is 1. The molecule has 25 heavy (non-hydrogen) atoms. The van der Waals surface area contributed by atoms with Crippen LogP contribution in [-0.4, -0.2) is 36.2 Å². The maximum Gasteiger partial charge on any atom is 0.253 e. The maximum atomic E-state index is 12.4. The van der Waals surface area contributed by atoms with Gasteiger partial charge in [-0.1, -0.05) is 0 Å². The normalized spacial score (nSPS) is 21.8. The lowest BCUT2D eigenvalue weighted by molar-refractivity contribution is -0.00546. The number of furan rings is 1. The Morgan fingerprint density at radius 1 is 1.24 bits per heavy atom. The van der Waals surface area contributed by atoms with Crippen LogP contribution in [0.5, 0.6) is 0 Å². The number of nitrogens with zero attached hydrogens (tertiary/aromatic N) is 2. The predicted molar refractivity (Wildman–Crippen MR) is 95.8 cm³/mol. The van der Waals surface area contributed by atoms with Gasteiger partial charge in [-0.15, -0.1) is 0 Å². The number of hydrogen-bond donors (Lipinski definition) is 1. The van der Waals surface area contributed by atoms with Crippen molar-refractivity contribution in [2.75, 3.05) is 18.0 Å². The van der Waals surface area contributed by atoms with Gasteiger partial charge in [0.1, 0.15) is 17.3 Å². The molecule has 1 fully saturated rings. The number of carbonyl (C=O) groups is 1. The van der Waals surface area contributed by atoms with E-state index in [4.69, 9.17) is 9.15 Å². The quantitative estimate of drug-likeness (QED) is 0.924.